The van der Waals surface area contributed by atoms with Gasteiger partial charge < -0.3 is 9.47 Å². The second kappa shape index (κ2) is 3.91. The van der Waals surface area contributed by atoms with Crippen LogP contribution in [0, 0.1) is 0 Å². The topological polar surface area (TPSA) is 18.5 Å². The summed E-state index contributed by atoms with van der Waals surface area (Å²) in [5.41, 5.74) is 0.163. The van der Waals surface area contributed by atoms with Gasteiger partial charge in [0.25, 0.3) is 0 Å². The predicted molar refractivity (Wildman–Crippen MR) is 65.0 cm³/mol. The Kier molecular flexibility index (Phi) is 3.11. The third kappa shape index (κ3) is 2.25. The molecule has 0 aromatic rings. The molecule has 0 radical (unpaired) electrons. The van der Waals surface area contributed by atoms with Gasteiger partial charge in [-0.2, -0.15) is 0 Å². The van der Waals surface area contributed by atoms with E-state index in [0.29, 0.717) is 6.10 Å². The normalized spacial score (nSPS) is 41.8. The molecule has 0 aromatic carbocycles. The van der Waals surface area contributed by atoms with Crippen LogP contribution in [0.1, 0.15) is 39.5 Å². The molecule has 1 spiro atoms. The number of rotatable bonds is 1. The van der Waals surface area contributed by atoms with Gasteiger partial charge in [0.1, 0.15) is 0 Å². The molecule has 2 unspecified atom stereocenters. The zero-order valence-electron chi connectivity index (χ0n) is 9.01. The van der Waals surface area contributed by atoms with Crippen LogP contribution in [0.15, 0.2) is 0 Å². The summed E-state index contributed by atoms with van der Waals surface area (Å²) in [7, 11) is 0. The molecule has 0 saturated carbocycles. The average Bonchev–Trinajstić information content (AvgIpc) is 2.46. The minimum absolute atomic E-state index is 0.0123. The van der Waals surface area contributed by atoms with Crippen LogP contribution in [-0.2, 0) is 9.47 Å². The number of hydrogen-bond acceptors (Lipinski definition) is 2. The van der Waals surface area contributed by atoms with E-state index in [4.69, 9.17) is 9.47 Å². The van der Waals surface area contributed by atoms with Crippen molar-refractivity contribution in [1.29, 1.82) is 0 Å². The standard InChI is InChI=1S/C11H19IO2/c1-10(2)8-11(5-6-13-10)4-3-9(7-12)14-11/h9H,3-8H2,1-2H3. The van der Waals surface area contributed by atoms with E-state index in [-0.39, 0.29) is 11.2 Å². The van der Waals surface area contributed by atoms with Crippen molar-refractivity contribution in [2.75, 3.05) is 11.0 Å². The molecule has 2 nitrogen and oxygen atoms in total. The lowest BCUT2D eigenvalue weighted by molar-refractivity contribution is -0.160. The van der Waals surface area contributed by atoms with E-state index in [0.717, 1.165) is 23.9 Å². The zero-order valence-corrected chi connectivity index (χ0v) is 11.2. The highest BCUT2D eigenvalue weighted by Crippen LogP contribution is 2.43. The number of hydrogen-bond donors (Lipinski definition) is 0. The molecule has 0 bridgehead atoms. The Morgan fingerprint density at radius 3 is 2.71 bits per heavy atom. The molecule has 2 heterocycles. The molecule has 14 heavy (non-hydrogen) atoms. The molecule has 2 fully saturated rings. The van der Waals surface area contributed by atoms with Crippen LogP contribution < -0.4 is 0 Å². The maximum atomic E-state index is 6.19. The first-order valence-corrected chi connectivity index (χ1v) is 6.96. The van der Waals surface area contributed by atoms with Gasteiger partial charge >= 0.3 is 0 Å². The third-order valence-electron chi connectivity index (χ3n) is 3.31. The number of alkyl halides is 1. The number of ether oxygens (including phenoxy) is 2. The van der Waals surface area contributed by atoms with Crippen molar-refractivity contribution in [2.45, 2.75) is 56.8 Å². The Balaban J connectivity index is 2.03. The van der Waals surface area contributed by atoms with Crippen molar-refractivity contribution >= 4 is 22.6 Å². The van der Waals surface area contributed by atoms with E-state index in [2.05, 4.69) is 36.4 Å². The summed E-state index contributed by atoms with van der Waals surface area (Å²) in [5.74, 6) is 0. The summed E-state index contributed by atoms with van der Waals surface area (Å²) in [6, 6.07) is 0. The highest BCUT2D eigenvalue weighted by atomic mass is 127. The molecule has 2 rings (SSSR count). The first-order chi connectivity index (χ1) is 6.55. The molecule has 0 amide bonds. The lowest BCUT2D eigenvalue weighted by Crippen LogP contribution is -2.45. The van der Waals surface area contributed by atoms with Gasteiger partial charge in [-0.05, 0) is 33.1 Å². The summed E-state index contributed by atoms with van der Waals surface area (Å²) < 4.78 is 13.1. The van der Waals surface area contributed by atoms with Crippen molar-refractivity contribution in [3.8, 4) is 0 Å². The van der Waals surface area contributed by atoms with Crippen LogP contribution in [0.3, 0.4) is 0 Å². The Bertz CT molecular complexity index is 217. The molecule has 2 saturated heterocycles. The first-order valence-electron chi connectivity index (χ1n) is 5.43. The monoisotopic (exact) mass is 310 g/mol. The Morgan fingerprint density at radius 2 is 2.14 bits per heavy atom. The van der Waals surface area contributed by atoms with Gasteiger partial charge in [0.05, 0.1) is 23.9 Å². The quantitative estimate of drug-likeness (QED) is 0.548. The van der Waals surface area contributed by atoms with Crippen LogP contribution in [0.4, 0.5) is 0 Å². The van der Waals surface area contributed by atoms with E-state index in [1.807, 2.05) is 0 Å². The zero-order chi connectivity index (χ0) is 10.2. The third-order valence-corrected chi connectivity index (χ3v) is 4.29. The predicted octanol–water partition coefficient (Wildman–Crippen LogP) is 2.93. The van der Waals surface area contributed by atoms with Crippen LogP contribution >= 0.6 is 22.6 Å². The van der Waals surface area contributed by atoms with E-state index in [9.17, 15) is 0 Å². The summed E-state index contributed by atoms with van der Waals surface area (Å²) in [5, 5.41) is 0. The molecule has 0 aromatic heterocycles. The van der Waals surface area contributed by atoms with Crippen LogP contribution in [0.5, 0.6) is 0 Å². The van der Waals surface area contributed by atoms with Gasteiger partial charge in [-0.15, -0.1) is 0 Å². The number of halogens is 1. The molecule has 2 aliphatic rings. The maximum Gasteiger partial charge on any atom is 0.0736 e. The van der Waals surface area contributed by atoms with Gasteiger partial charge in [0.2, 0.25) is 0 Å². The molecular formula is C11H19IO2. The van der Waals surface area contributed by atoms with Crippen molar-refractivity contribution in [3.05, 3.63) is 0 Å². The summed E-state index contributed by atoms with van der Waals surface area (Å²) in [4.78, 5) is 0. The van der Waals surface area contributed by atoms with Gasteiger partial charge in [-0.3, -0.25) is 0 Å². The fourth-order valence-electron chi connectivity index (χ4n) is 2.75. The van der Waals surface area contributed by atoms with Gasteiger partial charge in [0, 0.05) is 10.8 Å². The molecule has 3 heteroatoms. The van der Waals surface area contributed by atoms with E-state index >= 15 is 0 Å². The van der Waals surface area contributed by atoms with E-state index in [1.165, 1.54) is 12.8 Å². The maximum absolute atomic E-state index is 6.19. The van der Waals surface area contributed by atoms with Crippen LogP contribution in [0.2, 0.25) is 0 Å². The van der Waals surface area contributed by atoms with Crippen LogP contribution in [0.25, 0.3) is 0 Å². The molecular weight excluding hydrogens is 291 g/mol. The van der Waals surface area contributed by atoms with Crippen molar-refractivity contribution < 1.29 is 9.47 Å². The lowest BCUT2D eigenvalue weighted by atomic mass is 9.82. The van der Waals surface area contributed by atoms with Gasteiger partial charge in [0.15, 0.2) is 0 Å². The summed E-state index contributed by atoms with van der Waals surface area (Å²) >= 11 is 2.42. The first kappa shape index (κ1) is 11.1. The van der Waals surface area contributed by atoms with Gasteiger partial charge in [-0.25, -0.2) is 0 Å². The molecule has 0 aliphatic carbocycles. The smallest absolute Gasteiger partial charge is 0.0736 e. The second-order valence-corrected chi connectivity index (χ2v) is 6.03. The SMILES string of the molecule is CC1(C)CC2(CCO1)CCC(CI)O2. The highest BCUT2D eigenvalue weighted by Gasteiger charge is 2.46. The average molecular weight is 310 g/mol. The molecule has 2 aliphatic heterocycles. The Labute approximate surface area is 99.9 Å². The minimum atomic E-state index is 0.0123. The van der Waals surface area contributed by atoms with E-state index in [1.54, 1.807) is 0 Å². The van der Waals surface area contributed by atoms with Crippen molar-refractivity contribution in [3.63, 3.8) is 0 Å². The van der Waals surface area contributed by atoms with Crippen LogP contribution in [-0.4, -0.2) is 28.3 Å². The summed E-state index contributed by atoms with van der Waals surface area (Å²) in [6.45, 7) is 5.21. The van der Waals surface area contributed by atoms with Crippen molar-refractivity contribution in [1.82, 2.24) is 0 Å². The fourth-order valence-corrected chi connectivity index (χ4v) is 3.37. The Hall–Kier alpha value is 0.650. The van der Waals surface area contributed by atoms with Gasteiger partial charge in [-0.1, -0.05) is 22.6 Å². The van der Waals surface area contributed by atoms with E-state index < -0.39 is 0 Å². The highest BCUT2D eigenvalue weighted by molar-refractivity contribution is 14.1. The molecule has 0 N–H and O–H groups in total. The molecule has 82 valence electrons. The van der Waals surface area contributed by atoms with Crippen molar-refractivity contribution in [2.24, 2.45) is 0 Å². The fraction of sp³-hybridized carbons (Fsp3) is 1.00. The molecule has 2 atom stereocenters. The second-order valence-electron chi connectivity index (χ2n) is 5.15. The summed E-state index contributed by atoms with van der Waals surface area (Å²) in [6.07, 6.45) is 5.10. The largest absolute Gasteiger partial charge is 0.375 e. The minimum Gasteiger partial charge on any atom is -0.375 e. The lowest BCUT2D eigenvalue weighted by Gasteiger charge is -2.42. The Morgan fingerprint density at radius 1 is 1.36 bits per heavy atom.